The molecule has 1 aliphatic carbocycles. The van der Waals surface area contributed by atoms with E-state index >= 15 is 0 Å². The van der Waals surface area contributed by atoms with Gasteiger partial charge in [0.25, 0.3) is 0 Å². The van der Waals surface area contributed by atoms with Crippen LogP contribution in [0.1, 0.15) is 66.2 Å². The standard InChI is InChI=1S/C16H32N2O2/c1-13(14-9-6-5-7-10-14)17-11-8-12-18-15(19)20-16(2,3)4/h13-14,17H,5-12H2,1-4H3,(H,18,19)/t13-/m0/s1. The minimum absolute atomic E-state index is 0.321. The second-order valence-electron chi connectivity index (χ2n) is 6.92. The van der Waals surface area contributed by atoms with Gasteiger partial charge in [-0.1, -0.05) is 19.3 Å². The Labute approximate surface area is 124 Å². The van der Waals surface area contributed by atoms with Gasteiger partial charge in [0.1, 0.15) is 5.60 Å². The minimum atomic E-state index is -0.419. The Kier molecular flexibility index (Phi) is 7.35. The molecular formula is C16H32N2O2. The van der Waals surface area contributed by atoms with Crippen LogP contribution in [0.5, 0.6) is 0 Å². The number of hydrogen-bond acceptors (Lipinski definition) is 3. The number of carbonyl (C=O) groups excluding carboxylic acids is 1. The van der Waals surface area contributed by atoms with Crippen molar-refractivity contribution in [3.05, 3.63) is 0 Å². The van der Waals surface area contributed by atoms with E-state index in [4.69, 9.17) is 4.74 Å². The van der Waals surface area contributed by atoms with Gasteiger partial charge in [0.05, 0.1) is 0 Å². The summed E-state index contributed by atoms with van der Waals surface area (Å²) in [5, 5.41) is 6.37. The summed E-state index contributed by atoms with van der Waals surface area (Å²) in [7, 11) is 0. The van der Waals surface area contributed by atoms with Crippen molar-refractivity contribution >= 4 is 6.09 Å². The van der Waals surface area contributed by atoms with Crippen LogP contribution in [0, 0.1) is 5.92 Å². The molecule has 0 aromatic rings. The molecule has 0 aromatic carbocycles. The highest BCUT2D eigenvalue weighted by atomic mass is 16.6. The minimum Gasteiger partial charge on any atom is -0.444 e. The van der Waals surface area contributed by atoms with Crippen LogP contribution in [0.4, 0.5) is 4.79 Å². The average Bonchev–Trinajstić information content (AvgIpc) is 2.37. The summed E-state index contributed by atoms with van der Waals surface area (Å²) in [4.78, 5) is 11.4. The van der Waals surface area contributed by atoms with E-state index in [1.807, 2.05) is 20.8 Å². The molecule has 1 amide bonds. The average molecular weight is 284 g/mol. The number of nitrogens with one attached hydrogen (secondary N) is 2. The van der Waals surface area contributed by atoms with E-state index in [0.717, 1.165) is 18.9 Å². The third kappa shape index (κ3) is 7.73. The zero-order valence-electron chi connectivity index (χ0n) is 13.6. The van der Waals surface area contributed by atoms with Gasteiger partial charge in [-0.3, -0.25) is 0 Å². The summed E-state index contributed by atoms with van der Waals surface area (Å²) in [6.45, 7) is 9.53. The van der Waals surface area contributed by atoms with Gasteiger partial charge < -0.3 is 15.4 Å². The molecule has 0 heterocycles. The highest BCUT2D eigenvalue weighted by Gasteiger charge is 2.19. The van der Waals surface area contributed by atoms with E-state index in [2.05, 4.69) is 17.6 Å². The molecule has 1 saturated carbocycles. The number of amides is 1. The molecule has 118 valence electrons. The smallest absolute Gasteiger partial charge is 0.407 e. The van der Waals surface area contributed by atoms with Crippen molar-refractivity contribution < 1.29 is 9.53 Å². The van der Waals surface area contributed by atoms with Crippen molar-refractivity contribution in [2.24, 2.45) is 5.92 Å². The number of carbonyl (C=O) groups is 1. The van der Waals surface area contributed by atoms with Crippen molar-refractivity contribution in [3.63, 3.8) is 0 Å². The van der Waals surface area contributed by atoms with Gasteiger partial charge in [0, 0.05) is 12.6 Å². The molecule has 1 rings (SSSR count). The van der Waals surface area contributed by atoms with Crippen molar-refractivity contribution in [3.8, 4) is 0 Å². The van der Waals surface area contributed by atoms with Gasteiger partial charge in [-0.25, -0.2) is 4.79 Å². The summed E-state index contributed by atoms with van der Waals surface area (Å²) in [5.41, 5.74) is -0.419. The van der Waals surface area contributed by atoms with E-state index < -0.39 is 5.60 Å². The third-order valence-corrected chi connectivity index (χ3v) is 3.85. The summed E-state index contributed by atoms with van der Waals surface area (Å²) >= 11 is 0. The van der Waals surface area contributed by atoms with Gasteiger partial charge in [0.15, 0.2) is 0 Å². The molecule has 1 fully saturated rings. The number of ether oxygens (including phenoxy) is 1. The van der Waals surface area contributed by atoms with E-state index in [-0.39, 0.29) is 6.09 Å². The molecule has 0 bridgehead atoms. The Bertz CT molecular complexity index is 281. The first kappa shape index (κ1) is 17.3. The zero-order valence-corrected chi connectivity index (χ0v) is 13.6. The molecule has 0 saturated heterocycles. The van der Waals surface area contributed by atoms with Crippen LogP contribution in [0.2, 0.25) is 0 Å². The fourth-order valence-corrected chi connectivity index (χ4v) is 2.72. The van der Waals surface area contributed by atoms with Gasteiger partial charge in [-0.15, -0.1) is 0 Å². The Morgan fingerprint density at radius 3 is 2.45 bits per heavy atom. The molecule has 0 unspecified atom stereocenters. The van der Waals surface area contributed by atoms with Crippen LogP contribution < -0.4 is 10.6 Å². The van der Waals surface area contributed by atoms with Gasteiger partial charge in [-0.05, 0) is 59.4 Å². The molecule has 0 aromatic heterocycles. The number of rotatable bonds is 6. The highest BCUT2D eigenvalue weighted by Crippen LogP contribution is 2.26. The lowest BCUT2D eigenvalue weighted by Gasteiger charge is -2.28. The molecule has 0 radical (unpaired) electrons. The molecular weight excluding hydrogens is 252 g/mol. The third-order valence-electron chi connectivity index (χ3n) is 3.85. The highest BCUT2D eigenvalue weighted by molar-refractivity contribution is 5.67. The van der Waals surface area contributed by atoms with Crippen LogP contribution >= 0.6 is 0 Å². The van der Waals surface area contributed by atoms with Gasteiger partial charge >= 0.3 is 6.09 Å². The lowest BCUT2D eigenvalue weighted by Crippen LogP contribution is -2.37. The van der Waals surface area contributed by atoms with Crippen molar-refractivity contribution in [2.75, 3.05) is 13.1 Å². The Balaban J connectivity index is 2.02. The Morgan fingerprint density at radius 1 is 1.20 bits per heavy atom. The summed E-state index contributed by atoms with van der Waals surface area (Å²) < 4.78 is 5.19. The maximum Gasteiger partial charge on any atom is 0.407 e. The molecule has 1 atom stereocenters. The molecule has 4 nitrogen and oxygen atoms in total. The quantitative estimate of drug-likeness (QED) is 0.734. The van der Waals surface area contributed by atoms with E-state index in [9.17, 15) is 4.79 Å². The van der Waals surface area contributed by atoms with Crippen molar-refractivity contribution in [2.45, 2.75) is 77.9 Å². The first-order valence-electron chi connectivity index (χ1n) is 8.09. The topological polar surface area (TPSA) is 50.4 Å². The molecule has 1 aliphatic rings. The molecule has 0 spiro atoms. The zero-order chi connectivity index (χ0) is 15.0. The lowest BCUT2D eigenvalue weighted by atomic mass is 9.84. The molecule has 0 aliphatic heterocycles. The first-order chi connectivity index (χ1) is 9.38. The fourth-order valence-electron chi connectivity index (χ4n) is 2.72. The maximum atomic E-state index is 11.4. The van der Waals surface area contributed by atoms with Crippen LogP contribution in [-0.2, 0) is 4.74 Å². The SMILES string of the molecule is C[C@H](NCCCNC(=O)OC(C)(C)C)C1CCCCC1. The molecule has 4 heteroatoms. The van der Waals surface area contributed by atoms with Crippen LogP contribution in [-0.4, -0.2) is 30.8 Å². The van der Waals surface area contributed by atoms with Crippen LogP contribution in [0.25, 0.3) is 0 Å². The van der Waals surface area contributed by atoms with Crippen LogP contribution in [0.3, 0.4) is 0 Å². The number of alkyl carbamates (subject to hydrolysis) is 1. The molecule has 20 heavy (non-hydrogen) atoms. The van der Waals surface area contributed by atoms with E-state index in [0.29, 0.717) is 12.6 Å². The maximum absolute atomic E-state index is 11.4. The van der Waals surface area contributed by atoms with Gasteiger partial charge in [-0.2, -0.15) is 0 Å². The Morgan fingerprint density at radius 2 is 1.85 bits per heavy atom. The van der Waals surface area contributed by atoms with Gasteiger partial charge in [0.2, 0.25) is 0 Å². The second-order valence-corrected chi connectivity index (χ2v) is 6.92. The summed E-state index contributed by atoms with van der Waals surface area (Å²) in [5.74, 6) is 0.836. The summed E-state index contributed by atoms with van der Waals surface area (Å²) in [6.07, 6.45) is 7.53. The fraction of sp³-hybridized carbons (Fsp3) is 0.938. The lowest BCUT2D eigenvalue weighted by molar-refractivity contribution is 0.0527. The first-order valence-corrected chi connectivity index (χ1v) is 8.09. The second kappa shape index (κ2) is 8.50. The predicted octanol–water partition coefficient (Wildman–Crippen LogP) is 3.46. The monoisotopic (exact) mass is 284 g/mol. The normalized spacial score (nSPS) is 18.6. The van der Waals surface area contributed by atoms with E-state index in [1.54, 1.807) is 0 Å². The van der Waals surface area contributed by atoms with E-state index in [1.165, 1.54) is 32.1 Å². The summed E-state index contributed by atoms with van der Waals surface area (Å²) in [6, 6.07) is 0.594. The predicted molar refractivity (Wildman–Crippen MR) is 82.9 cm³/mol. The Hall–Kier alpha value is -0.770. The number of hydrogen-bond donors (Lipinski definition) is 2. The van der Waals surface area contributed by atoms with Crippen LogP contribution in [0.15, 0.2) is 0 Å². The van der Waals surface area contributed by atoms with Crippen molar-refractivity contribution in [1.82, 2.24) is 10.6 Å². The molecule has 2 N–H and O–H groups in total. The largest absolute Gasteiger partial charge is 0.444 e. The van der Waals surface area contributed by atoms with Crippen molar-refractivity contribution in [1.29, 1.82) is 0 Å².